The Balaban J connectivity index is 0.00000312. The summed E-state index contributed by atoms with van der Waals surface area (Å²) in [4.78, 5) is 14.1. The molecule has 0 spiro atoms. The number of carbonyl (C=O) groups excluding carboxylic acids is 1. The Morgan fingerprint density at radius 3 is 2.56 bits per heavy atom. The highest BCUT2D eigenvalue weighted by Crippen LogP contribution is 2.28. The van der Waals surface area contributed by atoms with E-state index in [1.54, 1.807) is 0 Å². The lowest BCUT2D eigenvalue weighted by Crippen LogP contribution is -2.39. The zero-order valence-electron chi connectivity index (χ0n) is 15.7. The molecular formula is C20H32ClNO3. The maximum atomic E-state index is 11.8. The van der Waals surface area contributed by atoms with Crippen LogP contribution in [0.15, 0.2) is 24.3 Å². The number of nitrogens with zero attached hydrogens (tertiary/aromatic N) is 1. The minimum Gasteiger partial charge on any atom is -0.492 e. The van der Waals surface area contributed by atoms with Gasteiger partial charge in [0.2, 0.25) is 0 Å². The molecule has 1 heterocycles. The summed E-state index contributed by atoms with van der Waals surface area (Å²) in [5, 5.41) is 0. The molecule has 5 heteroatoms. The van der Waals surface area contributed by atoms with Gasteiger partial charge in [-0.25, -0.2) is 0 Å². The third-order valence-corrected chi connectivity index (χ3v) is 4.93. The minimum absolute atomic E-state index is 0. The van der Waals surface area contributed by atoms with Crippen LogP contribution in [0.4, 0.5) is 0 Å². The van der Waals surface area contributed by atoms with Crippen LogP contribution >= 0.6 is 12.4 Å². The first kappa shape index (κ1) is 21.8. The van der Waals surface area contributed by atoms with Gasteiger partial charge in [0.1, 0.15) is 12.4 Å². The molecule has 2 rings (SSSR count). The smallest absolute Gasteiger partial charge is 0.309 e. The van der Waals surface area contributed by atoms with Crippen LogP contribution in [0.2, 0.25) is 0 Å². The summed E-state index contributed by atoms with van der Waals surface area (Å²) in [5.74, 6) is 1.57. The molecule has 1 aromatic rings. The van der Waals surface area contributed by atoms with E-state index in [1.165, 1.54) is 5.56 Å². The number of esters is 1. The van der Waals surface area contributed by atoms with Gasteiger partial charge < -0.3 is 9.47 Å². The highest BCUT2D eigenvalue weighted by molar-refractivity contribution is 5.85. The summed E-state index contributed by atoms with van der Waals surface area (Å²) in [6, 6.07) is 8.34. The Labute approximate surface area is 158 Å². The van der Waals surface area contributed by atoms with Crippen molar-refractivity contribution in [2.45, 2.75) is 46.0 Å². The number of likely N-dealkylation sites (tertiary alicyclic amines) is 1. The molecule has 1 unspecified atom stereocenters. The van der Waals surface area contributed by atoms with E-state index in [1.807, 2.05) is 13.0 Å². The number of para-hydroxylation sites is 1. The molecule has 0 amide bonds. The van der Waals surface area contributed by atoms with Crippen LogP contribution in [-0.2, 0) is 9.53 Å². The Bertz CT molecular complexity index is 515. The zero-order valence-corrected chi connectivity index (χ0v) is 16.5. The number of rotatable bonds is 8. The maximum absolute atomic E-state index is 11.8. The molecule has 0 aromatic heterocycles. The molecule has 0 bridgehead atoms. The number of hydrogen-bond acceptors (Lipinski definition) is 4. The summed E-state index contributed by atoms with van der Waals surface area (Å²) in [6.45, 7) is 10.3. The first-order chi connectivity index (χ1) is 11.7. The molecular weight excluding hydrogens is 338 g/mol. The van der Waals surface area contributed by atoms with Gasteiger partial charge in [-0.05, 0) is 56.8 Å². The van der Waals surface area contributed by atoms with Crippen LogP contribution in [-0.4, -0.2) is 43.7 Å². The van der Waals surface area contributed by atoms with Crippen molar-refractivity contribution in [2.24, 2.45) is 5.92 Å². The van der Waals surface area contributed by atoms with Crippen molar-refractivity contribution in [2.75, 3.05) is 32.8 Å². The number of piperidine rings is 1. The largest absolute Gasteiger partial charge is 0.492 e. The normalized spacial score (nSPS) is 16.8. The van der Waals surface area contributed by atoms with Gasteiger partial charge in [0.05, 0.1) is 12.5 Å². The lowest BCUT2D eigenvalue weighted by atomic mass is 9.97. The Morgan fingerprint density at radius 1 is 1.24 bits per heavy atom. The van der Waals surface area contributed by atoms with Crippen LogP contribution in [0, 0.1) is 5.92 Å². The molecule has 142 valence electrons. The Morgan fingerprint density at radius 2 is 1.92 bits per heavy atom. The van der Waals surface area contributed by atoms with E-state index >= 15 is 0 Å². The first-order valence-corrected chi connectivity index (χ1v) is 9.26. The number of benzene rings is 1. The fourth-order valence-electron chi connectivity index (χ4n) is 3.18. The van der Waals surface area contributed by atoms with E-state index in [9.17, 15) is 4.79 Å². The fourth-order valence-corrected chi connectivity index (χ4v) is 3.18. The lowest BCUT2D eigenvalue weighted by molar-refractivity contribution is -0.149. The predicted octanol–water partition coefficient (Wildman–Crippen LogP) is 4.28. The molecule has 25 heavy (non-hydrogen) atoms. The van der Waals surface area contributed by atoms with Gasteiger partial charge >= 0.3 is 5.97 Å². The van der Waals surface area contributed by atoms with Crippen LogP contribution in [0.25, 0.3) is 0 Å². The second-order valence-electron chi connectivity index (χ2n) is 6.56. The quantitative estimate of drug-likeness (QED) is 0.641. The molecule has 0 N–H and O–H groups in total. The molecule has 0 aliphatic carbocycles. The molecule has 4 nitrogen and oxygen atoms in total. The molecule has 1 saturated heterocycles. The van der Waals surface area contributed by atoms with E-state index in [2.05, 4.69) is 36.9 Å². The number of hydrogen-bond donors (Lipinski definition) is 0. The molecule has 0 radical (unpaired) electrons. The van der Waals surface area contributed by atoms with Crippen LogP contribution in [0.1, 0.15) is 51.5 Å². The molecule has 0 saturated carbocycles. The van der Waals surface area contributed by atoms with Crippen LogP contribution in [0.5, 0.6) is 5.75 Å². The average Bonchev–Trinajstić information content (AvgIpc) is 2.62. The molecule has 1 fully saturated rings. The monoisotopic (exact) mass is 369 g/mol. The number of carbonyl (C=O) groups is 1. The number of ether oxygens (including phenoxy) is 2. The minimum atomic E-state index is -0.0316. The van der Waals surface area contributed by atoms with Gasteiger partial charge in [-0.15, -0.1) is 12.4 Å². The first-order valence-electron chi connectivity index (χ1n) is 9.26. The summed E-state index contributed by atoms with van der Waals surface area (Å²) in [5.41, 5.74) is 1.29. The van der Waals surface area contributed by atoms with Gasteiger partial charge in [-0.3, -0.25) is 9.69 Å². The van der Waals surface area contributed by atoms with Crippen molar-refractivity contribution in [3.63, 3.8) is 0 Å². The topological polar surface area (TPSA) is 38.8 Å². The second kappa shape index (κ2) is 11.4. The van der Waals surface area contributed by atoms with Crippen LogP contribution in [0.3, 0.4) is 0 Å². The summed E-state index contributed by atoms with van der Waals surface area (Å²) < 4.78 is 11.2. The van der Waals surface area contributed by atoms with Crippen LogP contribution < -0.4 is 4.74 Å². The van der Waals surface area contributed by atoms with Gasteiger partial charge in [0.25, 0.3) is 0 Å². The van der Waals surface area contributed by atoms with Gasteiger partial charge in [0, 0.05) is 6.54 Å². The van der Waals surface area contributed by atoms with Crippen molar-refractivity contribution in [1.29, 1.82) is 0 Å². The Hall–Kier alpha value is -1.26. The third-order valence-electron chi connectivity index (χ3n) is 4.93. The summed E-state index contributed by atoms with van der Waals surface area (Å²) >= 11 is 0. The lowest BCUT2D eigenvalue weighted by Gasteiger charge is -2.30. The number of halogens is 1. The van der Waals surface area contributed by atoms with E-state index in [4.69, 9.17) is 9.47 Å². The molecule has 1 aromatic carbocycles. The fraction of sp³-hybridized carbons (Fsp3) is 0.650. The standard InChI is InChI=1S/C20H31NO3.ClH/c1-4-16(3)18-8-6-7-9-19(18)24-15-14-21-12-10-17(11-13-21)20(22)23-5-2;/h6-9,16-17H,4-5,10-15H2,1-3H3;1H. The van der Waals surface area contributed by atoms with E-state index in [0.29, 0.717) is 19.1 Å². The second-order valence-corrected chi connectivity index (χ2v) is 6.56. The zero-order chi connectivity index (χ0) is 17.4. The van der Waals surface area contributed by atoms with Crippen molar-refractivity contribution in [1.82, 2.24) is 4.90 Å². The van der Waals surface area contributed by atoms with E-state index < -0.39 is 0 Å². The van der Waals surface area contributed by atoms with Gasteiger partial charge in [-0.2, -0.15) is 0 Å². The SMILES string of the molecule is CCOC(=O)C1CCN(CCOc2ccccc2C(C)CC)CC1.Cl. The third kappa shape index (κ3) is 6.52. The van der Waals surface area contributed by atoms with Gasteiger partial charge in [-0.1, -0.05) is 32.0 Å². The highest BCUT2D eigenvalue weighted by atomic mass is 35.5. The van der Waals surface area contributed by atoms with E-state index in [-0.39, 0.29) is 24.3 Å². The molecule has 1 atom stereocenters. The van der Waals surface area contributed by atoms with Gasteiger partial charge in [0.15, 0.2) is 0 Å². The molecule has 1 aliphatic rings. The van der Waals surface area contributed by atoms with Crippen molar-refractivity contribution >= 4 is 18.4 Å². The van der Waals surface area contributed by atoms with E-state index in [0.717, 1.165) is 44.6 Å². The summed E-state index contributed by atoms with van der Waals surface area (Å²) in [6.07, 6.45) is 2.90. The van der Waals surface area contributed by atoms with Crippen molar-refractivity contribution in [3.05, 3.63) is 29.8 Å². The summed E-state index contributed by atoms with van der Waals surface area (Å²) in [7, 11) is 0. The maximum Gasteiger partial charge on any atom is 0.309 e. The average molecular weight is 370 g/mol. The molecule has 1 aliphatic heterocycles. The van der Waals surface area contributed by atoms with Crippen molar-refractivity contribution < 1.29 is 14.3 Å². The van der Waals surface area contributed by atoms with Crippen molar-refractivity contribution in [3.8, 4) is 5.75 Å². The Kier molecular flexibility index (Phi) is 9.91. The highest BCUT2D eigenvalue weighted by Gasteiger charge is 2.25. The predicted molar refractivity (Wildman–Crippen MR) is 104 cm³/mol.